The van der Waals surface area contributed by atoms with Crippen molar-refractivity contribution in [3.05, 3.63) is 0 Å². The van der Waals surface area contributed by atoms with Crippen molar-refractivity contribution in [3.8, 4) is 0 Å². The topological polar surface area (TPSA) is 30.5 Å². The summed E-state index contributed by atoms with van der Waals surface area (Å²) in [7, 11) is 4.69. The van der Waals surface area contributed by atoms with Gasteiger partial charge in [0.25, 0.3) is 0 Å². The van der Waals surface area contributed by atoms with Crippen LogP contribution >= 0.6 is 0 Å². The van der Waals surface area contributed by atoms with E-state index in [4.69, 9.17) is 0 Å². The molecular weight excluding hydrogens is 146 g/mol. The molecule has 0 heterocycles. The highest BCUT2D eigenvalue weighted by Crippen LogP contribution is 1.62. The van der Waals surface area contributed by atoms with Crippen molar-refractivity contribution in [1.82, 2.24) is 5.32 Å². The Morgan fingerprint density at radius 3 is 1.80 bits per heavy atom. The van der Waals surface area contributed by atoms with Crippen LogP contribution in [0, 0.1) is 0 Å². The molecule has 0 aromatic carbocycles. The summed E-state index contributed by atoms with van der Waals surface area (Å²) in [6, 6.07) is 0. The van der Waals surface area contributed by atoms with Crippen LogP contribution in [0.5, 0.6) is 0 Å². The van der Waals surface area contributed by atoms with E-state index in [-0.39, 0.29) is 0 Å². The Kier molecular flexibility index (Phi) is 20.4. The third-order valence-corrected chi connectivity index (χ3v) is 1.21. The van der Waals surface area contributed by atoms with E-state index in [9.17, 15) is 0 Å². The molecule has 1 N–H and O–H groups in total. The van der Waals surface area contributed by atoms with Crippen LogP contribution in [-0.2, 0) is 8.85 Å². The van der Waals surface area contributed by atoms with E-state index < -0.39 is 10.0 Å². The lowest BCUT2D eigenvalue weighted by molar-refractivity contribution is 0.309. The second-order valence-corrected chi connectivity index (χ2v) is 3.19. The summed E-state index contributed by atoms with van der Waals surface area (Å²) < 4.78 is 9.22. The molecule has 0 saturated heterocycles. The van der Waals surface area contributed by atoms with E-state index in [1.54, 1.807) is 14.2 Å². The van der Waals surface area contributed by atoms with E-state index in [0.29, 0.717) is 0 Å². The number of rotatable bonds is 4. The first kappa shape index (κ1) is 12.7. The quantitative estimate of drug-likeness (QED) is 0.590. The Hall–Kier alpha value is 0.0969. The highest BCUT2D eigenvalue weighted by atomic mass is 28.3. The molecule has 0 aromatic rings. The van der Waals surface area contributed by atoms with Crippen molar-refractivity contribution in [2.24, 2.45) is 0 Å². The molecule has 0 amide bonds. The minimum Gasteiger partial charge on any atom is -0.402 e. The zero-order chi connectivity index (χ0) is 8.24. The van der Waals surface area contributed by atoms with Gasteiger partial charge in [-0.3, -0.25) is 0 Å². The maximum Gasteiger partial charge on any atom is 0.303 e. The molecule has 4 heteroatoms. The van der Waals surface area contributed by atoms with Gasteiger partial charge in [-0.2, -0.15) is 0 Å². The fraction of sp³-hybridized carbons (Fsp3) is 1.00. The average Bonchev–Trinajstić information content (AvgIpc) is 1.93. The van der Waals surface area contributed by atoms with Crippen molar-refractivity contribution < 1.29 is 8.85 Å². The van der Waals surface area contributed by atoms with E-state index in [1.165, 1.54) is 6.42 Å². The van der Waals surface area contributed by atoms with Crippen molar-refractivity contribution in [2.45, 2.75) is 13.3 Å². The van der Waals surface area contributed by atoms with Crippen LogP contribution in [0.15, 0.2) is 0 Å². The third kappa shape index (κ3) is 24.3. The van der Waals surface area contributed by atoms with E-state index in [1.807, 2.05) is 7.05 Å². The van der Waals surface area contributed by atoms with Gasteiger partial charge in [0.1, 0.15) is 0 Å². The second kappa shape index (κ2) is 16.0. The SMILES string of the molecule is CCCNC.CO[SiH2]OC. The van der Waals surface area contributed by atoms with Crippen LogP contribution in [-0.4, -0.2) is 37.8 Å². The zero-order valence-corrected chi connectivity index (χ0v) is 8.85. The normalized spacial score (nSPS) is 8.40. The second-order valence-electron chi connectivity index (χ2n) is 1.80. The van der Waals surface area contributed by atoms with Crippen LogP contribution in [0.4, 0.5) is 0 Å². The van der Waals surface area contributed by atoms with Gasteiger partial charge in [-0.1, -0.05) is 6.92 Å². The number of nitrogens with one attached hydrogen (secondary N) is 1. The van der Waals surface area contributed by atoms with Gasteiger partial charge in [0, 0.05) is 14.2 Å². The van der Waals surface area contributed by atoms with Crippen LogP contribution in [0.3, 0.4) is 0 Å². The molecule has 0 aliphatic heterocycles. The molecule has 0 atom stereocenters. The first-order valence-corrected chi connectivity index (χ1v) is 4.61. The zero-order valence-electron chi connectivity index (χ0n) is 7.44. The van der Waals surface area contributed by atoms with E-state index in [0.717, 1.165) is 6.54 Å². The van der Waals surface area contributed by atoms with Gasteiger partial charge in [-0.15, -0.1) is 0 Å². The van der Waals surface area contributed by atoms with Crippen LogP contribution < -0.4 is 5.32 Å². The largest absolute Gasteiger partial charge is 0.402 e. The van der Waals surface area contributed by atoms with Gasteiger partial charge < -0.3 is 14.2 Å². The lowest BCUT2D eigenvalue weighted by atomic mass is 10.5. The fourth-order valence-corrected chi connectivity index (χ4v) is 0.604. The van der Waals surface area contributed by atoms with Crippen LogP contribution in [0.25, 0.3) is 0 Å². The van der Waals surface area contributed by atoms with Crippen molar-refractivity contribution in [2.75, 3.05) is 27.8 Å². The molecule has 3 nitrogen and oxygen atoms in total. The minimum atomic E-state index is -0.568. The molecule has 0 aliphatic carbocycles. The smallest absolute Gasteiger partial charge is 0.303 e. The molecule has 0 saturated carbocycles. The minimum absolute atomic E-state index is 0.568. The van der Waals surface area contributed by atoms with Crippen LogP contribution in [0.1, 0.15) is 13.3 Å². The molecule has 0 bridgehead atoms. The predicted molar refractivity (Wildman–Crippen MR) is 46.8 cm³/mol. The molecule has 0 rings (SSSR count). The van der Waals surface area contributed by atoms with E-state index >= 15 is 0 Å². The van der Waals surface area contributed by atoms with Gasteiger partial charge in [0.05, 0.1) is 0 Å². The maximum atomic E-state index is 4.61. The monoisotopic (exact) mass is 165 g/mol. The van der Waals surface area contributed by atoms with Gasteiger partial charge >= 0.3 is 10.0 Å². The molecule has 0 unspecified atom stereocenters. The van der Waals surface area contributed by atoms with Gasteiger partial charge in [-0.05, 0) is 20.0 Å². The molecule has 0 fully saturated rings. The molecule has 0 spiro atoms. The molecule has 10 heavy (non-hydrogen) atoms. The average molecular weight is 165 g/mol. The van der Waals surface area contributed by atoms with Gasteiger partial charge in [0.15, 0.2) is 0 Å². The number of hydrogen-bond acceptors (Lipinski definition) is 3. The maximum absolute atomic E-state index is 4.61. The Labute approximate surface area is 66.2 Å². The van der Waals surface area contributed by atoms with Crippen LogP contribution in [0.2, 0.25) is 0 Å². The Morgan fingerprint density at radius 2 is 1.80 bits per heavy atom. The highest BCUT2D eigenvalue weighted by molar-refractivity contribution is 6.17. The summed E-state index contributed by atoms with van der Waals surface area (Å²) in [6.45, 7) is 3.29. The lowest BCUT2D eigenvalue weighted by Crippen LogP contribution is -2.04. The van der Waals surface area contributed by atoms with Gasteiger partial charge in [-0.25, -0.2) is 0 Å². The van der Waals surface area contributed by atoms with Crippen molar-refractivity contribution in [3.63, 3.8) is 0 Å². The lowest BCUT2D eigenvalue weighted by Gasteiger charge is -1.86. The summed E-state index contributed by atoms with van der Waals surface area (Å²) in [4.78, 5) is 0. The van der Waals surface area contributed by atoms with E-state index in [2.05, 4.69) is 21.1 Å². The molecule has 64 valence electrons. The Balaban J connectivity index is 0. The predicted octanol–water partition coefficient (Wildman–Crippen LogP) is -0.106. The first-order chi connectivity index (χ1) is 4.83. The molecular formula is C6H19NO2Si. The fourth-order valence-electron chi connectivity index (χ4n) is 0.368. The Bertz CT molecular complexity index is 36.7. The van der Waals surface area contributed by atoms with Crippen molar-refractivity contribution in [1.29, 1.82) is 0 Å². The summed E-state index contributed by atoms with van der Waals surface area (Å²) in [5.74, 6) is 0. The Morgan fingerprint density at radius 1 is 1.30 bits per heavy atom. The standard InChI is InChI=1S/C4H11N.C2H8O2Si/c1-3-4-5-2;1-3-5-4-2/h5H,3-4H2,1-2H3;5H2,1-2H3. The third-order valence-electron chi connectivity index (χ3n) is 0.736. The van der Waals surface area contributed by atoms with Crippen molar-refractivity contribution >= 4 is 10.0 Å². The summed E-state index contributed by atoms with van der Waals surface area (Å²) >= 11 is 0. The number of hydrogen-bond donors (Lipinski definition) is 1. The summed E-state index contributed by atoms with van der Waals surface area (Å²) in [6.07, 6.45) is 1.23. The first-order valence-electron chi connectivity index (χ1n) is 3.45. The van der Waals surface area contributed by atoms with Gasteiger partial charge in [0.2, 0.25) is 0 Å². The molecule has 0 aromatic heterocycles. The highest BCUT2D eigenvalue weighted by Gasteiger charge is 1.67. The molecule has 0 radical (unpaired) electrons. The molecule has 0 aliphatic rings. The summed E-state index contributed by atoms with van der Waals surface area (Å²) in [5, 5.41) is 3.02. The summed E-state index contributed by atoms with van der Waals surface area (Å²) in [5.41, 5.74) is 0.